The van der Waals surface area contributed by atoms with Crippen molar-refractivity contribution in [2.75, 3.05) is 97.2 Å². The quantitative estimate of drug-likeness (QED) is 0.0714. The van der Waals surface area contributed by atoms with Crippen LogP contribution in [0.1, 0.15) is 97.5 Å². The average molecular weight is 820 g/mol. The average Bonchev–Trinajstić information content (AvgIpc) is 3.27. The van der Waals surface area contributed by atoms with Crippen molar-refractivity contribution in [2.24, 2.45) is 0 Å². The number of esters is 3. The molecule has 1 aromatic rings. The molecule has 1 atom stereocenters. The molecule has 0 radical (unpaired) electrons. The lowest BCUT2D eigenvalue weighted by Crippen LogP contribution is -2.52. The predicted molar refractivity (Wildman–Crippen MR) is 219 cm³/mol. The Bertz CT molecular complexity index is 1340. The zero-order valence-corrected chi connectivity index (χ0v) is 35.4. The van der Waals surface area contributed by atoms with Crippen molar-refractivity contribution in [3.8, 4) is 0 Å². The molecule has 1 aliphatic heterocycles. The van der Waals surface area contributed by atoms with Crippen molar-refractivity contribution in [1.82, 2.24) is 19.6 Å². The number of carboxylic acid groups (broad SMARTS) is 1. The van der Waals surface area contributed by atoms with Gasteiger partial charge in [-0.2, -0.15) is 0 Å². The molecular formula is C42H69N5O11. The van der Waals surface area contributed by atoms with Gasteiger partial charge in [-0.05, 0) is 49.8 Å². The Morgan fingerprint density at radius 2 is 1.09 bits per heavy atom. The second kappa shape index (κ2) is 29.9. The van der Waals surface area contributed by atoms with E-state index in [9.17, 15) is 28.8 Å². The lowest BCUT2D eigenvalue weighted by molar-refractivity contribution is -0.146. The van der Waals surface area contributed by atoms with Crippen LogP contribution in [0, 0.1) is 0 Å². The van der Waals surface area contributed by atoms with Crippen molar-refractivity contribution >= 4 is 41.6 Å². The van der Waals surface area contributed by atoms with Gasteiger partial charge in [0.2, 0.25) is 5.91 Å². The van der Waals surface area contributed by atoms with Crippen molar-refractivity contribution in [3.05, 3.63) is 29.8 Å². The molecule has 0 bridgehead atoms. The minimum Gasteiger partial charge on any atom is -0.481 e. The molecule has 1 aliphatic rings. The number of hydrogen-bond donors (Lipinski definition) is 2. The summed E-state index contributed by atoms with van der Waals surface area (Å²) in [6.07, 6.45) is 5.61. The van der Waals surface area contributed by atoms with Gasteiger partial charge in [-0.3, -0.25) is 43.6 Å². The highest BCUT2D eigenvalue weighted by Crippen LogP contribution is 2.18. The second-order valence-electron chi connectivity index (χ2n) is 14.7. The van der Waals surface area contributed by atoms with Gasteiger partial charge in [0.15, 0.2) is 0 Å². The third kappa shape index (κ3) is 22.0. The standard InChI is InChI=1S/C42H69N5O11/c1-5-9-25-55-39(51)31-45-21-19-44(20-22-46(24-23-45)32-40(52)56-26-10-6-2)30-36(29-34-13-15-35(16-14-34)43-37(48)17-18-38(49)50)47(42(54)58-28-12-8-4)33-41(53)57-27-11-7-3/h13-16,36H,5-12,17-33H2,1-4H3,(H,43,48)(H,49,50). The van der Waals surface area contributed by atoms with Gasteiger partial charge in [-0.25, -0.2) is 4.79 Å². The van der Waals surface area contributed by atoms with E-state index in [4.69, 9.17) is 24.1 Å². The SMILES string of the molecule is CCCCOC(=O)CN1CCN(CC(=O)OCCCC)CCN(CC(Cc2ccc(NC(=O)CCC(=O)O)cc2)N(CC(=O)OCCCC)C(=O)OCCCC)CC1. The second-order valence-corrected chi connectivity index (χ2v) is 14.7. The van der Waals surface area contributed by atoms with Crippen LogP contribution in [-0.2, 0) is 49.3 Å². The Morgan fingerprint density at radius 1 is 0.638 bits per heavy atom. The maximum absolute atomic E-state index is 13.9. The van der Waals surface area contributed by atoms with E-state index < -0.39 is 30.0 Å². The lowest BCUT2D eigenvalue weighted by Gasteiger charge is -2.35. The number of ether oxygens (including phenoxy) is 4. The first-order valence-corrected chi connectivity index (χ1v) is 21.2. The van der Waals surface area contributed by atoms with Crippen LogP contribution in [0.2, 0.25) is 0 Å². The smallest absolute Gasteiger partial charge is 0.410 e. The highest BCUT2D eigenvalue weighted by Gasteiger charge is 2.31. The van der Waals surface area contributed by atoms with Crippen LogP contribution in [0.25, 0.3) is 0 Å². The van der Waals surface area contributed by atoms with Crippen LogP contribution in [-0.4, -0.2) is 159 Å². The van der Waals surface area contributed by atoms with Gasteiger partial charge in [0.25, 0.3) is 0 Å². The third-order valence-corrected chi connectivity index (χ3v) is 9.63. The first-order valence-electron chi connectivity index (χ1n) is 21.2. The molecular weight excluding hydrogens is 750 g/mol. The number of rotatable bonds is 27. The number of carboxylic acids is 1. The Kier molecular flexibility index (Phi) is 25.7. The van der Waals surface area contributed by atoms with E-state index in [0.717, 1.165) is 44.1 Å². The normalized spacial score (nSPS) is 14.6. The molecule has 1 saturated heterocycles. The molecule has 2 rings (SSSR count). The molecule has 1 unspecified atom stereocenters. The first kappa shape index (κ1) is 49.9. The van der Waals surface area contributed by atoms with Crippen LogP contribution in [0.3, 0.4) is 0 Å². The van der Waals surface area contributed by atoms with Crippen molar-refractivity contribution in [2.45, 2.75) is 104 Å². The Labute approximate surface area is 344 Å². The summed E-state index contributed by atoms with van der Waals surface area (Å²) in [6, 6.07) is 6.48. The Hall–Kier alpha value is -4.28. The van der Waals surface area contributed by atoms with Gasteiger partial charge in [0.1, 0.15) is 6.54 Å². The summed E-state index contributed by atoms with van der Waals surface area (Å²) in [5, 5.41) is 11.7. The highest BCUT2D eigenvalue weighted by atomic mass is 16.6. The van der Waals surface area contributed by atoms with Gasteiger partial charge >= 0.3 is 30.0 Å². The van der Waals surface area contributed by atoms with Crippen molar-refractivity contribution in [1.29, 1.82) is 0 Å². The fraction of sp³-hybridized carbons (Fsp3) is 0.714. The zero-order chi connectivity index (χ0) is 42.5. The van der Waals surface area contributed by atoms with E-state index in [1.54, 1.807) is 12.1 Å². The van der Waals surface area contributed by atoms with E-state index in [1.165, 1.54) is 4.90 Å². The maximum atomic E-state index is 13.9. The van der Waals surface area contributed by atoms with Crippen molar-refractivity contribution in [3.63, 3.8) is 0 Å². The topological polar surface area (TPSA) is 185 Å². The molecule has 16 nitrogen and oxygen atoms in total. The number of benzene rings is 1. The summed E-state index contributed by atoms with van der Waals surface area (Å²) in [7, 11) is 0. The Balaban J connectivity index is 2.45. The van der Waals surface area contributed by atoms with Crippen LogP contribution in [0.4, 0.5) is 10.5 Å². The van der Waals surface area contributed by atoms with Gasteiger partial charge in [0, 0.05) is 57.9 Å². The monoisotopic (exact) mass is 819 g/mol. The number of hydrogen-bond acceptors (Lipinski definition) is 13. The maximum Gasteiger partial charge on any atom is 0.410 e. The molecule has 1 aromatic carbocycles. The minimum absolute atomic E-state index is 0.0917. The molecule has 0 spiro atoms. The zero-order valence-electron chi connectivity index (χ0n) is 35.4. The predicted octanol–water partition coefficient (Wildman–Crippen LogP) is 4.59. The number of anilines is 1. The van der Waals surface area contributed by atoms with E-state index in [0.29, 0.717) is 84.0 Å². The molecule has 328 valence electrons. The van der Waals surface area contributed by atoms with Crippen LogP contribution < -0.4 is 5.32 Å². The highest BCUT2D eigenvalue weighted by molar-refractivity contribution is 5.92. The summed E-state index contributed by atoms with van der Waals surface area (Å²) in [6.45, 7) is 12.5. The number of amides is 2. The third-order valence-electron chi connectivity index (χ3n) is 9.63. The number of carbonyl (C=O) groups is 6. The molecule has 58 heavy (non-hydrogen) atoms. The largest absolute Gasteiger partial charge is 0.481 e. The fourth-order valence-corrected chi connectivity index (χ4v) is 6.06. The molecule has 2 amide bonds. The molecule has 0 aliphatic carbocycles. The van der Waals surface area contributed by atoms with E-state index in [2.05, 4.69) is 10.2 Å². The number of nitrogens with zero attached hydrogens (tertiary/aromatic N) is 4. The summed E-state index contributed by atoms with van der Waals surface area (Å²) in [5.74, 6) is -2.65. The van der Waals surface area contributed by atoms with Crippen LogP contribution in [0.5, 0.6) is 0 Å². The molecule has 16 heteroatoms. The summed E-state index contributed by atoms with van der Waals surface area (Å²) in [5.41, 5.74) is 1.31. The summed E-state index contributed by atoms with van der Waals surface area (Å²) in [4.78, 5) is 83.6. The van der Waals surface area contributed by atoms with Crippen LogP contribution in [0.15, 0.2) is 24.3 Å². The van der Waals surface area contributed by atoms with Crippen molar-refractivity contribution < 1.29 is 52.8 Å². The first-order chi connectivity index (χ1) is 28.0. The summed E-state index contributed by atoms with van der Waals surface area (Å²) < 4.78 is 22.2. The Morgan fingerprint density at radius 3 is 1.55 bits per heavy atom. The molecule has 0 aromatic heterocycles. The number of unbranched alkanes of at least 4 members (excludes halogenated alkanes) is 4. The van der Waals surface area contributed by atoms with E-state index in [1.807, 2.05) is 49.6 Å². The van der Waals surface area contributed by atoms with Gasteiger partial charge < -0.3 is 29.4 Å². The van der Waals surface area contributed by atoms with Gasteiger partial charge in [0.05, 0.1) is 52.0 Å². The molecule has 1 fully saturated rings. The van der Waals surface area contributed by atoms with E-state index >= 15 is 0 Å². The molecule has 0 saturated carbocycles. The fourth-order valence-electron chi connectivity index (χ4n) is 6.06. The molecule has 2 N–H and O–H groups in total. The van der Waals surface area contributed by atoms with Crippen LogP contribution >= 0.6 is 0 Å². The lowest BCUT2D eigenvalue weighted by atomic mass is 10.0. The van der Waals surface area contributed by atoms with Gasteiger partial charge in [-0.15, -0.1) is 0 Å². The van der Waals surface area contributed by atoms with E-state index in [-0.39, 0.29) is 57.6 Å². The number of nitrogens with one attached hydrogen (secondary N) is 1. The van der Waals surface area contributed by atoms with Gasteiger partial charge in [-0.1, -0.05) is 65.5 Å². The minimum atomic E-state index is -1.06. The number of carbonyl (C=O) groups excluding carboxylic acids is 5. The number of aliphatic carboxylic acids is 1. The summed E-state index contributed by atoms with van der Waals surface area (Å²) >= 11 is 0. The molecule has 1 heterocycles.